The van der Waals surface area contributed by atoms with Gasteiger partial charge in [0, 0.05) is 0 Å². The summed E-state index contributed by atoms with van der Waals surface area (Å²) < 4.78 is 0. The summed E-state index contributed by atoms with van der Waals surface area (Å²) in [7, 11) is -0.148. The molecule has 0 spiro atoms. The van der Waals surface area contributed by atoms with Crippen molar-refractivity contribution in [2.24, 2.45) is 0 Å². The van der Waals surface area contributed by atoms with Crippen molar-refractivity contribution in [3.63, 3.8) is 0 Å². The van der Waals surface area contributed by atoms with Crippen LogP contribution in [-0.4, -0.2) is 8.80 Å². The summed E-state index contributed by atoms with van der Waals surface area (Å²) in [4.78, 5) is 0. The molecule has 0 saturated heterocycles. The van der Waals surface area contributed by atoms with Gasteiger partial charge in [-0.05, 0) is 18.9 Å². The van der Waals surface area contributed by atoms with E-state index in [0.29, 0.717) is 0 Å². The molecule has 1 radical (unpaired) electrons. The van der Waals surface area contributed by atoms with Crippen molar-refractivity contribution in [3.05, 3.63) is 23.3 Å². The first-order valence-electron chi connectivity index (χ1n) is 4.34. The van der Waals surface area contributed by atoms with Gasteiger partial charge in [-0.1, -0.05) is 43.3 Å². The first-order chi connectivity index (χ1) is 5.15. The second kappa shape index (κ2) is 3.40. The highest BCUT2D eigenvalue weighted by Crippen LogP contribution is 2.32. The van der Waals surface area contributed by atoms with Gasteiger partial charge >= 0.3 is 0 Å². The second-order valence-corrected chi connectivity index (χ2v) is 6.32. The van der Waals surface area contributed by atoms with Gasteiger partial charge < -0.3 is 0 Å². The molecule has 0 fully saturated rings. The Kier molecular flexibility index (Phi) is 2.71. The molecule has 11 heavy (non-hydrogen) atoms. The van der Waals surface area contributed by atoms with Crippen molar-refractivity contribution in [2.75, 3.05) is 0 Å². The molecule has 0 heterocycles. The zero-order valence-electron chi connectivity index (χ0n) is 7.94. The topological polar surface area (TPSA) is 0 Å². The number of allylic oxidation sites excluding steroid dienone is 4. The number of hydrogen-bond acceptors (Lipinski definition) is 0. The van der Waals surface area contributed by atoms with Gasteiger partial charge in [0.2, 0.25) is 0 Å². The highest BCUT2D eigenvalue weighted by molar-refractivity contribution is 6.59. The average molecular weight is 165 g/mol. The lowest BCUT2D eigenvalue weighted by molar-refractivity contribution is 1.15. The first kappa shape index (κ1) is 8.79. The molecule has 0 aromatic carbocycles. The van der Waals surface area contributed by atoms with Crippen LogP contribution >= 0.6 is 0 Å². The molecule has 1 heteroatoms. The van der Waals surface area contributed by atoms with Gasteiger partial charge in [0.05, 0.1) is 8.80 Å². The molecule has 0 amide bonds. The lowest BCUT2D eigenvalue weighted by atomic mass is 10.2. The highest BCUT2D eigenvalue weighted by Gasteiger charge is 2.18. The van der Waals surface area contributed by atoms with E-state index in [1.165, 1.54) is 6.42 Å². The maximum atomic E-state index is 2.46. The third kappa shape index (κ3) is 1.83. The van der Waals surface area contributed by atoms with E-state index < -0.39 is 0 Å². The van der Waals surface area contributed by atoms with Crippen molar-refractivity contribution in [1.82, 2.24) is 0 Å². The van der Waals surface area contributed by atoms with Crippen molar-refractivity contribution in [2.45, 2.75) is 38.9 Å². The Labute approximate surface area is 71.6 Å². The molecular weight excluding hydrogens is 148 g/mol. The molecule has 0 aromatic rings. The summed E-state index contributed by atoms with van der Waals surface area (Å²) in [6.45, 7) is 9.28. The van der Waals surface area contributed by atoms with Crippen molar-refractivity contribution < 1.29 is 0 Å². The van der Waals surface area contributed by atoms with Crippen molar-refractivity contribution in [1.29, 1.82) is 0 Å². The first-order valence-corrected chi connectivity index (χ1v) is 6.91. The monoisotopic (exact) mass is 165 g/mol. The van der Waals surface area contributed by atoms with Crippen LogP contribution in [0, 0.1) is 0 Å². The van der Waals surface area contributed by atoms with E-state index in [0.717, 1.165) is 5.54 Å². The normalized spacial score (nSPS) is 23.9. The smallest absolute Gasteiger partial charge is 0.0543 e. The van der Waals surface area contributed by atoms with Crippen molar-refractivity contribution >= 4 is 8.80 Å². The molecule has 61 valence electrons. The molecule has 1 aliphatic carbocycles. The Balaban J connectivity index is 2.73. The summed E-state index contributed by atoms with van der Waals surface area (Å²) >= 11 is 0. The maximum absolute atomic E-state index is 2.46. The van der Waals surface area contributed by atoms with E-state index in [-0.39, 0.29) is 8.80 Å². The van der Waals surface area contributed by atoms with E-state index in [4.69, 9.17) is 0 Å². The summed E-state index contributed by atoms with van der Waals surface area (Å²) in [6.07, 6.45) is 6.02. The summed E-state index contributed by atoms with van der Waals surface area (Å²) in [5.74, 6) is 0. The molecule has 0 N–H and O–H groups in total. The quantitative estimate of drug-likeness (QED) is 0.550. The van der Waals surface area contributed by atoms with E-state index in [1.807, 2.05) is 0 Å². The SMILES string of the molecule is CCC1=CC([Si](C)C)C(C)=C1. The van der Waals surface area contributed by atoms with Crippen LogP contribution < -0.4 is 0 Å². The molecular formula is C10H17Si. The Morgan fingerprint density at radius 2 is 2.09 bits per heavy atom. The minimum absolute atomic E-state index is 0.148. The summed E-state index contributed by atoms with van der Waals surface area (Å²) in [5.41, 5.74) is 3.94. The molecule has 0 saturated carbocycles. The standard InChI is InChI=1S/C10H17Si/c1-5-9-6-8(2)10(7-9)11(3)4/h6-7,10H,5H2,1-4H3. The van der Waals surface area contributed by atoms with E-state index in [1.54, 1.807) is 11.1 Å². The van der Waals surface area contributed by atoms with Gasteiger partial charge in [0.1, 0.15) is 0 Å². The lowest BCUT2D eigenvalue weighted by Gasteiger charge is -2.11. The largest absolute Gasteiger partial charge is 0.0771 e. The van der Waals surface area contributed by atoms with Gasteiger partial charge in [-0.2, -0.15) is 0 Å². The summed E-state index contributed by atoms with van der Waals surface area (Å²) in [6, 6.07) is 0. The van der Waals surface area contributed by atoms with Crippen LogP contribution in [0.5, 0.6) is 0 Å². The Hall–Kier alpha value is -0.303. The van der Waals surface area contributed by atoms with Gasteiger partial charge in [-0.15, -0.1) is 0 Å². The molecule has 0 bridgehead atoms. The van der Waals surface area contributed by atoms with Gasteiger partial charge in [0.15, 0.2) is 0 Å². The van der Waals surface area contributed by atoms with Crippen LogP contribution in [0.2, 0.25) is 18.6 Å². The minimum atomic E-state index is -0.148. The molecule has 0 aromatic heterocycles. The van der Waals surface area contributed by atoms with Crippen LogP contribution in [0.3, 0.4) is 0 Å². The molecule has 1 unspecified atom stereocenters. The highest BCUT2D eigenvalue weighted by atomic mass is 28.3. The Morgan fingerprint density at radius 3 is 2.36 bits per heavy atom. The van der Waals surface area contributed by atoms with Gasteiger partial charge in [-0.3, -0.25) is 0 Å². The van der Waals surface area contributed by atoms with Crippen LogP contribution in [0.4, 0.5) is 0 Å². The molecule has 1 rings (SSSR count). The molecule has 1 atom stereocenters. The lowest BCUT2D eigenvalue weighted by Crippen LogP contribution is -2.08. The second-order valence-electron chi connectivity index (χ2n) is 3.54. The van der Waals surface area contributed by atoms with Crippen LogP contribution in [0.15, 0.2) is 23.3 Å². The fourth-order valence-electron chi connectivity index (χ4n) is 1.62. The van der Waals surface area contributed by atoms with E-state index in [9.17, 15) is 0 Å². The molecule has 1 aliphatic rings. The van der Waals surface area contributed by atoms with Gasteiger partial charge in [0.25, 0.3) is 0 Å². The number of hydrogen-bond donors (Lipinski definition) is 0. The average Bonchev–Trinajstić information content (AvgIpc) is 2.30. The third-order valence-electron chi connectivity index (χ3n) is 2.31. The Morgan fingerprint density at radius 1 is 1.45 bits per heavy atom. The van der Waals surface area contributed by atoms with Crippen LogP contribution in [0.1, 0.15) is 20.3 Å². The van der Waals surface area contributed by atoms with E-state index in [2.05, 4.69) is 39.1 Å². The number of rotatable bonds is 2. The zero-order chi connectivity index (χ0) is 8.43. The third-order valence-corrected chi connectivity index (χ3v) is 4.18. The van der Waals surface area contributed by atoms with E-state index >= 15 is 0 Å². The minimum Gasteiger partial charge on any atom is -0.0771 e. The predicted octanol–water partition coefficient (Wildman–Crippen LogP) is 3.41. The van der Waals surface area contributed by atoms with Crippen LogP contribution in [-0.2, 0) is 0 Å². The predicted molar refractivity (Wildman–Crippen MR) is 53.4 cm³/mol. The summed E-state index contributed by atoms with van der Waals surface area (Å²) in [5, 5.41) is 0. The fourth-order valence-corrected chi connectivity index (χ4v) is 3.16. The Bertz CT molecular complexity index is 199. The maximum Gasteiger partial charge on any atom is 0.0543 e. The van der Waals surface area contributed by atoms with Gasteiger partial charge in [-0.25, -0.2) is 0 Å². The van der Waals surface area contributed by atoms with Crippen LogP contribution in [0.25, 0.3) is 0 Å². The zero-order valence-corrected chi connectivity index (χ0v) is 8.94. The van der Waals surface area contributed by atoms with Crippen molar-refractivity contribution in [3.8, 4) is 0 Å². The molecule has 0 nitrogen and oxygen atoms in total. The fraction of sp³-hybridized carbons (Fsp3) is 0.600. The molecule has 0 aliphatic heterocycles.